The summed E-state index contributed by atoms with van der Waals surface area (Å²) >= 11 is 0. The molecule has 10 nitrogen and oxygen atoms in total. The molecule has 0 unspecified atom stereocenters. The number of amides is 2. The van der Waals surface area contributed by atoms with Crippen molar-refractivity contribution in [1.29, 1.82) is 0 Å². The third kappa shape index (κ3) is 6.79. The summed E-state index contributed by atoms with van der Waals surface area (Å²) in [5, 5.41) is 11.2. The zero-order chi connectivity index (χ0) is 24.5. The third-order valence-corrected chi connectivity index (χ3v) is 4.90. The van der Waals surface area contributed by atoms with Crippen molar-refractivity contribution in [2.75, 3.05) is 33.9 Å². The molecule has 1 fully saturated rings. The number of methoxy groups -OCH3 is 1. The van der Waals surface area contributed by atoms with Crippen molar-refractivity contribution < 1.29 is 29.2 Å². The van der Waals surface area contributed by atoms with E-state index in [2.05, 4.69) is 15.6 Å². The van der Waals surface area contributed by atoms with E-state index in [1.54, 1.807) is 55.6 Å². The van der Waals surface area contributed by atoms with Crippen molar-refractivity contribution in [3.05, 3.63) is 60.1 Å². The minimum absolute atomic E-state index is 0.0968. The fraction of sp³-hybridized carbons (Fsp3) is 0.333. The Balaban J connectivity index is 1.79. The number of likely N-dealkylation sites (tertiary alicyclic amines) is 1. The summed E-state index contributed by atoms with van der Waals surface area (Å²) in [5.41, 5.74) is 0.647. The maximum Gasteiger partial charge on any atom is 0.339 e. The van der Waals surface area contributed by atoms with Crippen molar-refractivity contribution >= 4 is 17.6 Å². The zero-order valence-electron chi connectivity index (χ0n) is 19.5. The average Bonchev–Trinajstić information content (AvgIpc) is 2.77. The Morgan fingerprint density at radius 2 is 1.97 bits per heavy atom. The maximum absolute atomic E-state index is 12.7. The zero-order valence-corrected chi connectivity index (χ0v) is 19.5. The molecular formula is C24H30N5O5+. The lowest BCUT2D eigenvalue weighted by Gasteiger charge is -2.30. The summed E-state index contributed by atoms with van der Waals surface area (Å²) in [7, 11) is 3.30. The molecule has 1 atom stereocenters. The number of carbonyl (C=O) groups excluding carboxylic acids is 2. The van der Waals surface area contributed by atoms with Crippen molar-refractivity contribution in [3.8, 4) is 17.2 Å². The summed E-state index contributed by atoms with van der Waals surface area (Å²) in [6.45, 7) is 3.73. The van der Waals surface area contributed by atoms with Crippen molar-refractivity contribution in [3.63, 3.8) is 0 Å². The first kappa shape index (κ1) is 24.7. The van der Waals surface area contributed by atoms with Crippen LogP contribution in [0.15, 0.2) is 48.8 Å². The Labute approximate surface area is 198 Å². The van der Waals surface area contributed by atoms with E-state index in [9.17, 15) is 9.59 Å². The van der Waals surface area contributed by atoms with Gasteiger partial charge in [0.25, 0.3) is 11.7 Å². The number of nitrogens with two attached hydrogens (primary N) is 1. The molecule has 1 aliphatic heterocycles. The van der Waals surface area contributed by atoms with Crippen molar-refractivity contribution in [1.82, 2.24) is 20.5 Å². The first-order chi connectivity index (χ1) is 16.4. The van der Waals surface area contributed by atoms with E-state index in [-0.39, 0.29) is 23.4 Å². The molecule has 1 aliphatic rings. The van der Waals surface area contributed by atoms with E-state index >= 15 is 0 Å². The van der Waals surface area contributed by atoms with Gasteiger partial charge in [-0.25, -0.2) is 15.1 Å². The normalized spacial score (nSPS) is 13.7. The van der Waals surface area contributed by atoms with E-state index in [1.165, 1.54) is 12.3 Å². The molecule has 10 heteroatoms. The topological polar surface area (TPSA) is 128 Å². The number of ether oxygens (including phenoxy) is 3. The minimum Gasteiger partial charge on any atom is -0.488 e. The average molecular weight is 469 g/mol. The van der Waals surface area contributed by atoms with Gasteiger partial charge >= 0.3 is 5.91 Å². The van der Waals surface area contributed by atoms with Crippen LogP contribution in [0.1, 0.15) is 34.2 Å². The van der Waals surface area contributed by atoms with Crippen LogP contribution in [-0.4, -0.2) is 67.5 Å². The maximum atomic E-state index is 12.7. The summed E-state index contributed by atoms with van der Waals surface area (Å²) in [6.07, 6.45) is 5.37. The fourth-order valence-electron chi connectivity index (χ4n) is 3.13. The second-order valence-corrected chi connectivity index (χ2v) is 7.74. The van der Waals surface area contributed by atoms with Crippen LogP contribution < -0.4 is 25.5 Å². The summed E-state index contributed by atoms with van der Waals surface area (Å²) < 4.78 is 16.9. The van der Waals surface area contributed by atoms with Gasteiger partial charge in [-0.15, -0.1) is 0 Å². The van der Waals surface area contributed by atoms with E-state index in [1.807, 2.05) is 6.92 Å². The monoisotopic (exact) mass is 468 g/mol. The number of rotatable bonds is 10. The van der Waals surface area contributed by atoms with Crippen LogP contribution >= 0.6 is 0 Å². The van der Waals surface area contributed by atoms with Crippen molar-refractivity contribution in [2.24, 2.45) is 0 Å². The first-order valence-electron chi connectivity index (χ1n) is 10.9. The molecule has 1 aromatic carbocycles. The SMILES string of the molecule is CN/C=C\C(=[NH2+])NC(=O)c1cc(Oc2ccc(C(=O)N3CCC3)nc2)cc(O[C@@H](C)COC)c1. The lowest BCUT2D eigenvalue weighted by molar-refractivity contribution is -0.115. The van der Waals surface area contributed by atoms with Crippen molar-refractivity contribution in [2.45, 2.75) is 19.4 Å². The molecule has 1 saturated heterocycles. The van der Waals surface area contributed by atoms with E-state index in [0.29, 0.717) is 29.5 Å². The van der Waals surface area contributed by atoms with Gasteiger partial charge in [-0.1, -0.05) is 0 Å². The second-order valence-electron chi connectivity index (χ2n) is 7.74. The van der Waals surface area contributed by atoms with Gasteiger partial charge in [-0.3, -0.25) is 10.2 Å². The minimum atomic E-state index is -0.429. The van der Waals surface area contributed by atoms with Crippen LogP contribution in [0.3, 0.4) is 0 Å². The van der Waals surface area contributed by atoms with Crippen LogP contribution in [0.2, 0.25) is 0 Å². The third-order valence-electron chi connectivity index (χ3n) is 4.90. The van der Waals surface area contributed by atoms with Crippen LogP contribution in [0.5, 0.6) is 17.2 Å². The number of hydrogen-bond acceptors (Lipinski definition) is 7. The van der Waals surface area contributed by atoms with Crippen LogP contribution in [0.25, 0.3) is 0 Å². The highest BCUT2D eigenvalue weighted by Crippen LogP contribution is 2.28. The number of nitrogens with zero attached hydrogens (tertiary/aromatic N) is 2. The van der Waals surface area contributed by atoms with E-state index < -0.39 is 5.91 Å². The molecule has 0 spiro atoms. The van der Waals surface area contributed by atoms with Crippen LogP contribution in [-0.2, 0) is 4.74 Å². The molecule has 2 amide bonds. The second kappa shape index (κ2) is 11.8. The lowest BCUT2D eigenvalue weighted by atomic mass is 10.1. The molecule has 34 heavy (non-hydrogen) atoms. The molecule has 0 bridgehead atoms. The van der Waals surface area contributed by atoms with Gasteiger partial charge in [0.1, 0.15) is 29.0 Å². The van der Waals surface area contributed by atoms with Gasteiger partial charge in [-0.05, 0) is 37.6 Å². The quantitative estimate of drug-likeness (QED) is 0.347. The van der Waals surface area contributed by atoms with Gasteiger partial charge in [0.2, 0.25) is 0 Å². The molecule has 3 rings (SSSR count). The summed E-state index contributed by atoms with van der Waals surface area (Å²) in [4.78, 5) is 31.0. The number of nitrogens with one attached hydrogen (secondary N) is 2. The Kier molecular flexibility index (Phi) is 8.58. The molecule has 0 saturated carbocycles. The molecule has 2 aromatic rings. The van der Waals surface area contributed by atoms with E-state index in [4.69, 9.17) is 19.6 Å². The predicted molar refractivity (Wildman–Crippen MR) is 126 cm³/mol. The summed E-state index contributed by atoms with van der Waals surface area (Å²) in [5.74, 6) is 0.848. The Morgan fingerprint density at radius 1 is 1.21 bits per heavy atom. The number of aromatic nitrogens is 1. The van der Waals surface area contributed by atoms with Gasteiger partial charge in [0.05, 0.1) is 18.4 Å². The van der Waals surface area contributed by atoms with Crippen LogP contribution in [0.4, 0.5) is 0 Å². The highest BCUT2D eigenvalue weighted by molar-refractivity contribution is 6.08. The number of pyridine rings is 1. The largest absolute Gasteiger partial charge is 0.488 e. The fourth-order valence-corrected chi connectivity index (χ4v) is 3.13. The van der Waals surface area contributed by atoms with Gasteiger partial charge < -0.3 is 24.4 Å². The Hall–Kier alpha value is -3.92. The molecule has 0 radical (unpaired) electrons. The number of amidine groups is 1. The smallest absolute Gasteiger partial charge is 0.339 e. The number of carbonyl (C=O) groups is 2. The molecule has 180 valence electrons. The molecule has 2 heterocycles. The highest BCUT2D eigenvalue weighted by Gasteiger charge is 2.22. The van der Waals surface area contributed by atoms with Gasteiger partial charge in [0, 0.05) is 45.6 Å². The van der Waals surface area contributed by atoms with Gasteiger partial charge in [0.15, 0.2) is 0 Å². The Morgan fingerprint density at radius 3 is 2.59 bits per heavy atom. The number of hydrogen-bond donors (Lipinski definition) is 3. The standard InChI is InChI=1S/C24H29N5O5/c1-16(15-32-3)33-19-11-17(23(30)28-22(25)7-8-26-2)12-20(13-19)34-18-5-6-21(27-14-18)24(31)29-9-4-10-29/h5-8,11-14,16,26H,4,9-10,15H2,1-3H3,(H2,25,28,30)/p+1/b8-7-/t16-/m0/s1. The first-order valence-corrected chi connectivity index (χ1v) is 10.9. The predicted octanol–water partition coefficient (Wildman–Crippen LogP) is 0.754. The summed E-state index contributed by atoms with van der Waals surface area (Å²) in [6, 6.07) is 8.10. The Bertz CT molecular complexity index is 1050. The molecule has 4 N–H and O–H groups in total. The highest BCUT2D eigenvalue weighted by atomic mass is 16.5. The van der Waals surface area contributed by atoms with Gasteiger partial charge in [-0.2, -0.15) is 0 Å². The molecule has 1 aromatic heterocycles. The molecular weight excluding hydrogens is 438 g/mol. The van der Waals surface area contributed by atoms with Crippen LogP contribution in [0, 0.1) is 0 Å². The lowest BCUT2D eigenvalue weighted by Crippen LogP contribution is -2.49. The molecule has 0 aliphatic carbocycles. The van der Waals surface area contributed by atoms with E-state index in [0.717, 1.165) is 19.5 Å². The number of benzene rings is 1.